The third-order valence-corrected chi connectivity index (χ3v) is 3.74. The number of hydrogen-bond acceptors (Lipinski definition) is 5. The summed E-state index contributed by atoms with van der Waals surface area (Å²) in [5.41, 5.74) is 0. The van der Waals surface area contributed by atoms with Gasteiger partial charge in [0.15, 0.2) is 0 Å². The van der Waals surface area contributed by atoms with Crippen molar-refractivity contribution in [2.75, 3.05) is 38.6 Å². The lowest BCUT2D eigenvalue weighted by molar-refractivity contribution is -0.125. The predicted octanol–water partition coefficient (Wildman–Crippen LogP) is -1.97. The topological polar surface area (TPSA) is 96.5 Å². The smallest absolute Gasteiger partial charge is 0.239 e. The number of carbonyl (C=O) groups is 1. The van der Waals surface area contributed by atoms with Crippen molar-refractivity contribution in [3.05, 3.63) is 0 Å². The average molecular weight is 265 g/mol. The molecule has 8 heteroatoms. The normalized spacial score (nSPS) is 21.1. The van der Waals surface area contributed by atoms with Gasteiger partial charge in [0, 0.05) is 19.6 Å². The minimum absolute atomic E-state index is 0.104. The van der Waals surface area contributed by atoms with Gasteiger partial charge in [-0.05, 0) is 0 Å². The van der Waals surface area contributed by atoms with Crippen molar-refractivity contribution in [2.45, 2.75) is 13.0 Å². The largest absolute Gasteiger partial charge is 0.378 e. The van der Waals surface area contributed by atoms with Crippen LogP contribution in [0, 0.1) is 0 Å². The van der Waals surface area contributed by atoms with E-state index in [-0.39, 0.29) is 24.2 Å². The molecule has 17 heavy (non-hydrogen) atoms. The maximum absolute atomic E-state index is 11.6. The Kier molecular flexibility index (Phi) is 5.83. The molecule has 0 saturated carbocycles. The van der Waals surface area contributed by atoms with Gasteiger partial charge in [-0.3, -0.25) is 4.79 Å². The van der Waals surface area contributed by atoms with Crippen molar-refractivity contribution in [1.82, 2.24) is 15.4 Å². The molecule has 1 atom stereocenters. The number of morpholine rings is 1. The van der Waals surface area contributed by atoms with Crippen molar-refractivity contribution in [2.24, 2.45) is 0 Å². The fraction of sp³-hybridized carbons (Fsp3) is 0.889. The molecule has 1 rings (SSSR count). The van der Waals surface area contributed by atoms with E-state index >= 15 is 0 Å². The second-order valence-corrected chi connectivity index (χ2v) is 5.62. The van der Waals surface area contributed by atoms with Crippen molar-refractivity contribution in [3.63, 3.8) is 0 Å². The molecule has 1 amide bonds. The lowest BCUT2D eigenvalue weighted by atomic mass is 10.2. The van der Waals surface area contributed by atoms with Gasteiger partial charge < -0.3 is 15.4 Å². The molecule has 1 saturated heterocycles. The first-order valence-corrected chi connectivity index (χ1v) is 7.26. The third kappa shape index (κ3) is 5.44. The Hall–Kier alpha value is -0.700. The van der Waals surface area contributed by atoms with Crippen LogP contribution in [0.4, 0.5) is 0 Å². The van der Waals surface area contributed by atoms with Gasteiger partial charge in [0.2, 0.25) is 15.9 Å². The fourth-order valence-electron chi connectivity index (χ4n) is 1.46. The zero-order valence-corrected chi connectivity index (χ0v) is 10.7. The van der Waals surface area contributed by atoms with E-state index < -0.39 is 10.0 Å². The maximum atomic E-state index is 11.6. The molecule has 1 fully saturated rings. The van der Waals surface area contributed by atoms with Crippen molar-refractivity contribution < 1.29 is 17.9 Å². The quantitative estimate of drug-likeness (QED) is 0.518. The number of carbonyl (C=O) groups excluding carboxylic acids is 1. The summed E-state index contributed by atoms with van der Waals surface area (Å²) in [6, 6.07) is -0.384. The fourth-order valence-corrected chi connectivity index (χ4v) is 2.41. The summed E-state index contributed by atoms with van der Waals surface area (Å²) in [5, 5.41) is 5.56. The average Bonchev–Trinajstić information content (AvgIpc) is 2.29. The molecule has 0 radical (unpaired) electrons. The van der Waals surface area contributed by atoms with Crippen LogP contribution in [0.3, 0.4) is 0 Å². The van der Waals surface area contributed by atoms with Crippen LogP contribution in [-0.2, 0) is 19.6 Å². The lowest BCUT2D eigenvalue weighted by Gasteiger charge is -2.22. The highest BCUT2D eigenvalue weighted by molar-refractivity contribution is 7.89. The Balaban J connectivity index is 2.24. The van der Waals surface area contributed by atoms with Crippen LogP contribution in [0.5, 0.6) is 0 Å². The Morgan fingerprint density at radius 2 is 2.29 bits per heavy atom. The van der Waals surface area contributed by atoms with Crippen LogP contribution < -0.4 is 15.4 Å². The first-order valence-electron chi connectivity index (χ1n) is 5.61. The van der Waals surface area contributed by atoms with Crippen LogP contribution in [0.25, 0.3) is 0 Å². The summed E-state index contributed by atoms with van der Waals surface area (Å²) in [6.07, 6.45) is 0. The van der Waals surface area contributed by atoms with E-state index in [1.165, 1.54) is 0 Å². The Labute approximate surface area is 101 Å². The van der Waals surface area contributed by atoms with Crippen molar-refractivity contribution in [3.8, 4) is 0 Å². The zero-order valence-electron chi connectivity index (χ0n) is 9.86. The van der Waals surface area contributed by atoms with Crippen LogP contribution >= 0.6 is 0 Å². The molecule has 1 heterocycles. The summed E-state index contributed by atoms with van der Waals surface area (Å²) in [6.45, 7) is 3.72. The number of hydrogen-bond donors (Lipinski definition) is 3. The van der Waals surface area contributed by atoms with E-state index in [4.69, 9.17) is 4.74 Å². The summed E-state index contributed by atoms with van der Waals surface area (Å²) in [7, 11) is -3.27. The number of ether oxygens (including phenoxy) is 1. The highest BCUT2D eigenvalue weighted by atomic mass is 32.2. The molecule has 1 unspecified atom stereocenters. The molecule has 0 spiro atoms. The summed E-state index contributed by atoms with van der Waals surface area (Å²) in [5.74, 6) is -0.337. The van der Waals surface area contributed by atoms with E-state index in [2.05, 4.69) is 15.4 Å². The standard InChI is InChI=1S/C9H19N3O4S/c1-2-12-17(14,15)6-4-11-9(13)8-7-16-5-3-10-8/h8,10,12H,2-7H2,1H3,(H,11,13). The number of rotatable bonds is 6. The third-order valence-electron chi connectivity index (χ3n) is 2.27. The van der Waals surface area contributed by atoms with Crippen LogP contribution in [-0.4, -0.2) is 59.0 Å². The van der Waals surface area contributed by atoms with E-state index in [1.807, 2.05) is 0 Å². The Morgan fingerprint density at radius 1 is 1.53 bits per heavy atom. The van der Waals surface area contributed by atoms with Gasteiger partial charge in [-0.15, -0.1) is 0 Å². The van der Waals surface area contributed by atoms with Gasteiger partial charge in [0.1, 0.15) is 6.04 Å². The summed E-state index contributed by atoms with van der Waals surface area (Å²) < 4.78 is 30.1. The number of amides is 1. The molecular formula is C9H19N3O4S. The molecule has 0 aromatic carbocycles. The molecule has 1 aliphatic rings. The van der Waals surface area contributed by atoms with Gasteiger partial charge in [0.05, 0.1) is 19.0 Å². The minimum atomic E-state index is -3.27. The molecule has 3 N–H and O–H groups in total. The number of sulfonamides is 1. The Morgan fingerprint density at radius 3 is 2.88 bits per heavy atom. The molecule has 7 nitrogen and oxygen atoms in total. The molecule has 0 aliphatic carbocycles. The molecule has 0 aromatic rings. The highest BCUT2D eigenvalue weighted by Crippen LogP contribution is 1.92. The minimum Gasteiger partial charge on any atom is -0.378 e. The van der Waals surface area contributed by atoms with E-state index in [0.29, 0.717) is 26.3 Å². The lowest BCUT2D eigenvalue weighted by Crippen LogP contribution is -2.52. The molecule has 0 aromatic heterocycles. The molecule has 1 aliphatic heterocycles. The summed E-state index contributed by atoms with van der Waals surface area (Å²) >= 11 is 0. The second kappa shape index (κ2) is 6.90. The van der Waals surface area contributed by atoms with Gasteiger partial charge in [-0.2, -0.15) is 0 Å². The van der Waals surface area contributed by atoms with Crippen LogP contribution in [0.15, 0.2) is 0 Å². The van der Waals surface area contributed by atoms with Gasteiger partial charge in [0.25, 0.3) is 0 Å². The van der Waals surface area contributed by atoms with Crippen LogP contribution in [0.1, 0.15) is 6.92 Å². The second-order valence-electron chi connectivity index (χ2n) is 3.69. The SMILES string of the molecule is CCNS(=O)(=O)CCNC(=O)C1COCCN1. The highest BCUT2D eigenvalue weighted by Gasteiger charge is 2.21. The molecule has 0 bridgehead atoms. The van der Waals surface area contributed by atoms with Gasteiger partial charge in [-0.1, -0.05) is 6.92 Å². The predicted molar refractivity (Wildman–Crippen MR) is 63.1 cm³/mol. The summed E-state index contributed by atoms with van der Waals surface area (Å²) in [4.78, 5) is 11.6. The van der Waals surface area contributed by atoms with Gasteiger partial charge in [-0.25, -0.2) is 13.1 Å². The number of nitrogens with one attached hydrogen (secondary N) is 3. The van der Waals surface area contributed by atoms with Crippen LogP contribution in [0.2, 0.25) is 0 Å². The first-order chi connectivity index (χ1) is 8.05. The zero-order chi connectivity index (χ0) is 12.7. The van der Waals surface area contributed by atoms with Crippen molar-refractivity contribution in [1.29, 1.82) is 0 Å². The van der Waals surface area contributed by atoms with E-state index in [0.717, 1.165) is 0 Å². The van der Waals surface area contributed by atoms with Crippen molar-refractivity contribution >= 4 is 15.9 Å². The molecule has 100 valence electrons. The first kappa shape index (κ1) is 14.4. The molecular weight excluding hydrogens is 246 g/mol. The Bertz CT molecular complexity index is 338. The monoisotopic (exact) mass is 265 g/mol. The van der Waals surface area contributed by atoms with E-state index in [1.54, 1.807) is 6.92 Å². The van der Waals surface area contributed by atoms with Gasteiger partial charge >= 0.3 is 0 Å². The van der Waals surface area contributed by atoms with E-state index in [9.17, 15) is 13.2 Å². The maximum Gasteiger partial charge on any atom is 0.239 e.